The third-order valence-corrected chi connectivity index (χ3v) is 2.82. The Balaban J connectivity index is 2.89. The van der Waals surface area contributed by atoms with Crippen LogP contribution in [0.4, 0.5) is 0 Å². The standard InChI is InChI=1S/C9H10O4S/c1-8-4-2-3-5-9(8)6-14(11,12)13-7-10/h2-5,7H,6H2,1H3. The molecule has 0 spiro atoms. The summed E-state index contributed by atoms with van der Waals surface area (Å²) in [5.41, 5.74) is 1.49. The number of carbonyl (C=O) groups excluding carboxylic acids is 1. The van der Waals surface area contributed by atoms with E-state index in [1.165, 1.54) is 0 Å². The fourth-order valence-electron chi connectivity index (χ4n) is 1.06. The van der Waals surface area contributed by atoms with Gasteiger partial charge >= 0.3 is 16.6 Å². The molecule has 0 radical (unpaired) electrons. The SMILES string of the molecule is Cc1ccccc1CS(=O)(=O)OC=O. The highest BCUT2D eigenvalue weighted by Crippen LogP contribution is 2.11. The van der Waals surface area contributed by atoms with Crippen molar-refractivity contribution in [2.24, 2.45) is 0 Å². The predicted octanol–water partition coefficient (Wildman–Crippen LogP) is 0.998. The van der Waals surface area contributed by atoms with Gasteiger partial charge in [0, 0.05) is 0 Å². The number of rotatable bonds is 4. The van der Waals surface area contributed by atoms with Crippen molar-refractivity contribution in [1.29, 1.82) is 0 Å². The third kappa shape index (κ3) is 2.85. The summed E-state index contributed by atoms with van der Waals surface area (Å²) in [6.07, 6.45) is 0. The molecule has 14 heavy (non-hydrogen) atoms. The monoisotopic (exact) mass is 214 g/mol. The van der Waals surface area contributed by atoms with Gasteiger partial charge in [0.1, 0.15) is 5.75 Å². The molecule has 0 heterocycles. The van der Waals surface area contributed by atoms with E-state index < -0.39 is 10.1 Å². The lowest BCUT2D eigenvalue weighted by Crippen LogP contribution is -2.08. The predicted molar refractivity (Wildman–Crippen MR) is 51.0 cm³/mol. The zero-order chi connectivity index (χ0) is 10.6. The molecule has 0 saturated carbocycles. The highest BCUT2D eigenvalue weighted by molar-refractivity contribution is 7.86. The number of aryl methyl sites for hydroxylation is 1. The Morgan fingerprint density at radius 3 is 2.57 bits per heavy atom. The van der Waals surface area contributed by atoms with Gasteiger partial charge in [-0.1, -0.05) is 24.3 Å². The van der Waals surface area contributed by atoms with Crippen molar-refractivity contribution >= 4 is 16.6 Å². The van der Waals surface area contributed by atoms with Gasteiger partial charge < -0.3 is 4.18 Å². The number of hydrogen-bond donors (Lipinski definition) is 0. The second-order valence-corrected chi connectivity index (χ2v) is 4.42. The maximum atomic E-state index is 11.1. The van der Waals surface area contributed by atoms with E-state index in [2.05, 4.69) is 4.18 Å². The zero-order valence-corrected chi connectivity index (χ0v) is 8.45. The van der Waals surface area contributed by atoms with Crippen LogP contribution in [-0.2, 0) is 24.8 Å². The fourth-order valence-corrected chi connectivity index (χ4v) is 1.95. The largest absolute Gasteiger partial charge is 0.348 e. The van der Waals surface area contributed by atoms with Crippen molar-refractivity contribution in [2.45, 2.75) is 12.7 Å². The molecule has 0 aliphatic carbocycles. The van der Waals surface area contributed by atoms with Crippen LogP contribution < -0.4 is 0 Å². The summed E-state index contributed by atoms with van der Waals surface area (Å²) in [6, 6.07) is 7.03. The van der Waals surface area contributed by atoms with Gasteiger partial charge in [0.25, 0.3) is 0 Å². The second kappa shape index (κ2) is 4.23. The lowest BCUT2D eigenvalue weighted by molar-refractivity contribution is -0.120. The molecule has 0 aliphatic rings. The molecule has 1 aromatic rings. The van der Waals surface area contributed by atoms with Crippen molar-refractivity contribution < 1.29 is 17.4 Å². The first kappa shape index (κ1) is 10.7. The average Bonchev–Trinajstić information content (AvgIpc) is 2.08. The van der Waals surface area contributed by atoms with Crippen molar-refractivity contribution in [1.82, 2.24) is 0 Å². The molecule has 0 N–H and O–H groups in total. The van der Waals surface area contributed by atoms with E-state index in [0.717, 1.165) is 5.56 Å². The summed E-state index contributed by atoms with van der Waals surface area (Å²) < 4.78 is 26.2. The van der Waals surface area contributed by atoms with Crippen LogP contribution in [0.5, 0.6) is 0 Å². The van der Waals surface area contributed by atoms with Crippen LogP contribution in [0.25, 0.3) is 0 Å². The molecule has 76 valence electrons. The Kier molecular flexibility index (Phi) is 3.24. The molecule has 0 unspecified atom stereocenters. The van der Waals surface area contributed by atoms with E-state index in [0.29, 0.717) is 5.56 Å². The van der Waals surface area contributed by atoms with Gasteiger partial charge in [-0.3, -0.25) is 4.79 Å². The molecule has 5 heteroatoms. The van der Waals surface area contributed by atoms with Crippen LogP contribution in [0, 0.1) is 6.92 Å². The summed E-state index contributed by atoms with van der Waals surface area (Å²) in [7, 11) is -3.78. The number of benzene rings is 1. The highest BCUT2D eigenvalue weighted by atomic mass is 32.2. The molecule has 0 bridgehead atoms. The van der Waals surface area contributed by atoms with E-state index >= 15 is 0 Å². The van der Waals surface area contributed by atoms with E-state index in [4.69, 9.17) is 0 Å². The van der Waals surface area contributed by atoms with Gasteiger partial charge in [-0.15, -0.1) is 0 Å². The van der Waals surface area contributed by atoms with Gasteiger partial charge in [-0.25, -0.2) is 0 Å². The van der Waals surface area contributed by atoms with E-state index in [-0.39, 0.29) is 12.2 Å². The number of carbonyl (C=O) groups is 1. The van der Waals surface area contributed by atoms with Gasteiger partial charge in [0.15, 0.2) is 0 Å². The van der Waals surface area contributed by atoms with E-state index in [1.807, 2.05) is 6.07 Å². The van der Waals surface area contributed by atoms with Crippen LogP contribution in [0.2, 0.25) is 0 Å². The molecule has 1 rings (SSSR count). The topological polar surface area (TPSA) is 60.4 Å². The van der Waals surface area contributed by atoms with Crippen LogP contribution in [-0.4, -0.2) is 14.9 Å². The lowest BCUT2D eigenvalue weighted by Gasteiger charge is -2.04. The molecule has 0 saturated heterocycles. The van der Waals surface area contributed by atoms with Gasteiger partial charge in [-0.05, 0) is 18.1 Å². The number of hydrogen-bond acceptors (Lipinski definition) is 4. The summed E-state index contributed by atoms with van der Waals surface area (Å²) in [5, 5.41) is 0. The Hall–Kier alpha value is -1.36. The molecule has 0 fully saturated rings. The molecular formula is C9H10O4S. The quantitative estimate of drug-likeness (QED) is 0.554. The van der Waals surface area contributed by atoms with Gasteiger partial charge in [0.2, 0.25) is 0 Å². The minimum absolute atomic E-state index is 0.0758. The summed E-state index contributed by atoms with van der Waals surface area (Å²) >= 11 is 0. The van der Waals surface area contributed by atoms with Crippen molar-refractivity contribution in [3.05, 3.63) is 35.4 Å². The molecule has 0 atom stereocenters. The molecule has 0 aromatic heterocycles. The van der Waals surface area contributed by atoms with Crippen LogP contribution in [0.1, 0.15) is 11.1 Å². The van der Waals surface area contributed by atoms with Crippen LogP contribution >= 0.6 is 0 Å². The smallest absolute Gasteiger partial charge is 0.315 e. The van der Waals surface area contributed by atoms with E-state index in [9.17, 15) is 13.2 Å². The first-order chi connectivity index (χ1) is 6.55. The van der Waals surface area contributed by atoms with Crippen LogP contribution in [0.3, 0.4) is 0 Å². The molecule has 1 aromatic carbocycles. The van der Waals surface area contributed by atoms with Gasteiger partial charge in [0.05, 0.1) is 0 Å². The zero-order valence-electron chi connectivity index (χ0n) is 7.64. The first-order valence-corrected chi connectivity index (χ1v) is 5.52. The summed E-state index contributed by atoms with van der Waals surface area (Å²) in [6.45, 7) is 1.72. The Morgan fingerprint density at radius 2 is 2.00 bits per heavy atom. The Bertz CT molecular complexity index is 422. The molecular weight excluding hydrogens is 204 g/mol. The Morgan fingerprint density at radius 1 is 1.36 bits per heavy atom. The first-order valence-electron chi connectivity index (χ1n) is 3.94. The Labute approximate surface area is 82.6 Å². The second-order valence-electron chi connectivity index (χ2n) is 2.82. The third-order valence-electron chi connectivity index (χ3n) is 1.78. The summed E-state index contributed by atoms with van der Waals surface area (Å²) in [5.74, 6) is -0.279. The van der Waals surface area contributed by atoms with E-state index in [1.54, 1.807) is 25.1 Å². The maximum Gasteiger partial charge on any atom is 0.315 e. The maximum absolute atomic E-state index is 11.1. The van der Waals surface area contributed by atoms with Crippen molar-refractivity contribution in [3.8, 4) is 0 Å². The minimum atomic E-state index is -3.78. The molecule has 0 aliphatic heterocycles. The molecule has 4 nitrogen and oxygen atoms in total. The molecule has 0 amide bonds. The normalized spacial score (nSPS) is 10.9. The lowest BCUT2D eigenvalue weighted by atomic mass is 10.1. The van der Waals surface area contributed by atoms with Crippen LogP contribution in [0.15, 0.2) is 24.3 Å². The average molecular weight is 214 g/mol. The summed E-state index contributed by atoms with van der Waals surface area (Å²) in [4.78, 5) is 9.89. The van der Waals surface area contributed by atoms with Crippen molar-refractivity contribution in [3.63, 3.8) is 0 Å². The highest BCUT2D eigenvalue weighted by Gasteiger charge is 2.13. The van der Waals surface area contributed by atoms with Gasteiger partial charge in [-0.2, -0.15) is 8.42 Å². The minimum Gasteiger partial charge on any atom is -0.348 e. The fraction of sp³-hybridized carbons (Fsp3) is 0.222. The van der Waals surface area contributed by atoms with Crippen molar-refractivity contribution in [2.75, 3.05) is 0 Å².